The quantitative estimate of drug-likeness (QED) is 0.348. The Labute approximate surface area is 98.1 Å². The van der Waals surface area contributed by atoms with Crippen molar-refractivity contribution in [2.75, 3.05) is 14.1 Å². The van der Waals surface area contributed by atoms with Crippen LogP contribution >= 0.6 is 11.3 Å². The number of carbonyl (C=O) groups is 2. The molecule has 0 saturated heterocycles. The molecule has 1 heterocycles. The second kappa shape index (κ2) is 5.46. The van der Waals surface area contributed by atoms with E-state index >= 15 is 0 Å². The molecule has 0 unspecified atom stereocenters. The van der Waals surface area contributed by atoms with Crippen LogP contribution < -0.4 is 0 Å². The van der Waals surface area contributed by atoms with Crippen molar-refractivity contribution in [3.8, 4) is 0 Å². The van der Waals surface area contributed by atoms with Crippen LogP contribution in [0.2, 0.25) is 0 Å². The number of thiophene rings is 1. The first kappa shape index (κ1) is 12.4. The summed E-state index contributed by atoms with van der Waals surface area (Å²) in [6.07, 6.45) is 1.49. The van der Waals surface area contributed by atoms with E-state index in [-0.39, 0.29) is 11.5 Å². The van der Waals surface area contributed by atoms with Crippen LogP contribution in [-0.4, -0.2) is 30.7 Å². The van der Waals surface area contributed by atoms with Gasteiger partial charge < -0.3 is 9.64 Å². The summed E-state index contributed by atoms with van der Waals surface area (Å²) in [6.45, 7) is 1.27. The number of ether oxygens (including phenoxy) is 1. The molecule has 0 fully saturated rings. The van der Waals surface area contributed by atoms with Gasteiger partial charge in [-0.05, 0) is 11.4 Å². The van der Waals surface area contributed by atoms with Crippen molar-refractivity contribution in [1.82, 2.24) is 4.90 Å². The lowest BCUT2D eigenvalue weighted by Gasteiger charge is -2.09. The Bertz CT molecular complexity index is 407. The molecule has 1 aromatic rings. The van der Waals surface area contributed by atoms with E-state index in [1.54, 1.807) is 36.5 Å². The van der Waals surface area contributed by atoms with E-state index in [0.29, 0.717) is 4.88 Å². The molecular weight excluding hydrogens is 226 g/mol. The number of nitrogens with zero attached hydrogens (tertiary/aromatic N) is 1. The maximum atomic E-state index is 11.9. The van der Waals surface area contributed by atoms with E-state index < -0.39 is 5.97 Å². The molecule has 0 spiro atoms. The molecular formula is C11H13NO3S. The van der Waals surface area contributed by atoms with Crippen molar-refractivity contribution in [3.05, 3.63) is 34.3 Å². The minimum absolute atomic E-state index is 0.0416. The molecule has 5 heteroatoms. The summed E-state index contributed by atoms with van der Waals surface area (Å²) in [4.78, 5) is 25.0. The molecule has 86 valence electrons. The second-order valence-corrected chi connectivity index (χ2v) is 4.30. The van der Waals surface area contributed by atoms with Crippen LogP contribution in [0.4, 0.5) is 0 Å². The van der Waals surface area contributed by atoms with Gasteiger partial charge in [-0.1, -0.05) is 6.07 Å². The van der Waals surface area contributed by atoms with Gasteiger partial charge in [0.25, 0.3) is 0 Å². The Morgan fingerprint density at radius 2 is 2.12 bits per heavy atom. The zero-order valence-corrected chi connectivity index (χ0v) is 10.2. The second-order valence-electron chi connectivity index (χ2n) is 3.36. The predicted molar refractivity (Wildman–Crippen MR) is 62.2 cm³/mol. The van der Waals surface area contributed by atoms with E-state index in [9.17, 15) is 9.59 Å². The van der Waals surface area contributed by atoms with Gasteiger partial charge in [-0.25, -0.2) is 0 Å². The highest BCUT2D eigenvalue weighted by Crippen LogP contribution is 2.15. The molecule has 0 radical (unpaired) electrons. The van der Waals surface area contributed by atoms with E-state index in [4.69, 9.17) is 4.74 Å². The molecule has 0 saturated carbocycles. The first-order valence-electron chi connectivity index (χ1n) is 4.65. The summed E-state index contributed by atoms with van der Waals surface area (Å²) >= 11 is 1.31. The van der Waals surface area contributed by atoms with E-state index in [0.717, 1.165) is 0 Å². The molecule has 1 aromatic heterocycles. The molecule has 1 rings (SSSR count). The van der Waals surface area contributed by atoms with Crippen molar-refractivity contribution >= 4 is 23.1 Å². The molecule has 0 atom stereocenters. The lowest BCUT2D eigenvalue weighted by atomic mass is 10.3. The molecule has 0 aliphatic rings. The monoisotopic (exact) mass is 239 g/mol. The molecule has 0 bridgehead atoms. The minimum atomic E-state index is -0.502. The maximum absolute atomic E-state index is 11.9. The van der Waals surface area contributed by atoms with Gasteiger partial charge in [0.05, 0.1) is 4.88 Å². The van der Waals surface area contributed by atoms with Gasteiger partial charge >= 0.3 is 5.97 Å². The number of rotatable bonds is 4. The average molecular weight is 239 g/mol. The van der Waals surface area contributed by atoms with E-state index in [1.807, 2.05) is 0 Å². The van der Waals surface area contributed by atoms with Gasteiger partial charge in [0.15, 0.2) is 5.76 Å². The molecule has 0 aromatic carbocycles. The highest BCUT2D eigenvalue weighted by atomic mass is 32.1. The van der Waals surface area contributed by atoms with Gasteiger partial charge in [0.1, 0.15) is 0 Å². The summed E-state index contributed by atoms with van der Waals surface area (Å²) in [5, 5.41) is 1.80. The normalized spacial score (nSPS) is 11.1. The third kappa shape index (κ3) is 3.51. The molecule has 0 amide bonds. The number of hydrogen-bond donors (Lipinski definition) is 0. The van der Waals surface area contributed by atoms with E-state index in [2.05, 4.69) is 0 Å². The third-order valence-electron chi connectivity index (χ3n) is 1.60. The van der Waals surface area contributed by atoms with Crippen LogP contribution in [-0.2, 0) is 9.53 Å². The van der Waals surface area contributed by atoms with Crippen molar-refractivity contribution in [3.63, 3.8) is 0 Å². The van der Waals surface area contributed by atoms with Crippen molar-refractivity contribution in [2.45, 2.75) is 6.92 Å². The summed E-state index contributed by atoms with van der Waals surface area (Å²) in [7, 11) is 3.51. The Hall–Kier alpha value is -1.62. The van der Waals surface area contributed by atoms with Gasteiger partial charge in [0.2, 0.25) is 5.78 Å². The first-order valence-corrected chi connectivity index (χ1v) is 5.53. The van der Waals surface area contributed by atoms with Crippen molar-refractivity contribution in [1.29, 1.82) is 0 Å². The zero-order valence-electron chi connectivity index (χ0n) is 9.39. The predicted octanol–water partition coefficient (Wildman–Crippen LogP) is 1.90. The fourth-order valence-electron chi connectivity index (χ4n) is 1.05. The van der Waals surface area contributed by atoms with Crippen LogP contribution in [0.3, 0.4) is 0 Å². The number of allylic oxidation sites excluding steroid dienone is 1. The van der Waals surface area contributed by atoms with Gasteiger partial charge in [-0.15, -0.1) is 11.3 Å². The Morgan fingerprint density at radius 1 is 1.44 bits per heavy atom. The van der Waals surface area contributed by atoms with Gasteiger partial charge in [-0.2, -0.15) is 0 Å². The van der Waals surface area contributed by atoms with Crippen LogP contribution in [0.1, 0.15) is 16.6 Å². The lowest BCUT2D eigenvalue weighted by molar-refractivity contribution is -0.136. The first-order chi connectivity index (χ1) is 7.50. The van der Waals surface area contributed by atoms with Gasteiger partial charge in [-0.3, -0.25) is 9.59 Å². The van der Waals surface area contributed by atoms with Crippen LogP contribution in [0.15, 0.2) is 29.5 Å². The topological polar surface area (TPSA) is 46.6 Å². The average Bonchev–Trinajstić information content (AvgIpc) is 2.66. The number of hydrogen-bond acceptors (Lipinski definition) is 5. The lowest BCUT2D eigenvalue weighted by Crippen LogP contribution is -2.13. The summed E-state index contributed by atoms with van der Waals surface area (Å²) in [6, 6.07) is 3.47. The maximum Gasteiger partial charge on any atom is 0.308 e. The number of carbonyl (C=O) groups excluding carboxylic acids is 2. The Kier molecular flexibility index (Phi) is 4.25. The number of Topliss-reactive ketones (excluding diaryl/α,β-unsaturated/α-hetero) is 1. The Morgan fingerprint density at radius 3 is 2.56 bits per heavy atom. The number of ketones is 1. The van der Waals surface area contributed by atoms with Crippen LogP contribution in [0, 0.1) is 0 Å². The number of esters is 1. The standard InChI is InChI=1S/C11H13NO3S/c1-8(13)15-9(7-12(2)3)11(14)10-5-4-6-16-10/h4-7H,1-3H3/b9-7-. The van der Waals surface area contributed by atoms with Crippen LogP contribution in [0.5, 0.6) is 0 Å². The molecule has 0 aliphatic heterocycles. The zero-order chi connectivity index (χ0) is 12.1. The molecule has 0 N–H and O–H groups in total. The van der Waals surface area contributed by atoms with Gasteiger partial charge in [0, 0.05) is 27.2 Å². The summed E-state index contributed by atoms with van der Waals surface area (Å²) < 4.78 is 4.88. The fraction of sp³-hybridized carbons (Fsp3) is 0.273. The smallest absolute Gasteiger partial charge is 0.308 e. The summed E-state index contributed by atoms with van der Waals surface area (Å²) in [5.74, 6) is -0.739. The molecule has 4 nitrogen and oxygen atoms in total. The SMILES string of the molecule is CC(=O)O/C(=C\N(C)C)C(=O)c1cccs1. The van der Waals surface area contributed by atoms with E-state index in [1.165, 1.54) is 24.5 Å². The fourth-order valence-corrected chi connectivity index (χ4v) is 1.72. The largest absolute Gasteiger partial charge is 0.421 e. The third-order valence-corrected chi connectivity index (χ3v) is 2.47. The summed E-state index contributed by atoms with van der Waals surface area (Å²) in [5.41, 5.74) is 0. The van der Waals surface area contributed by atoms with Crippen molar-refractivity contribution < 1.29 is 14.3 Å². The Balaban J connectivity index is 2.93. The van der Waals surface area contributed by atoms with Crippen molar-refractivity contribution in [2.24, 2.45) is 0 Å². The molecule has 0 aliphatic carbocycles. The van der Waals surface area contributed by atoms with Crippen LogP contribution in [0.25, 0.3) is 0 Å². The highest BCUT2D eigenvalue weighted by Gasteiger charge is 2.16. The minimum Gasteiger partial charge on any atom is -0.421 e. The molecule has 16 heavy (non-hydrogen) atoms. The highest BCUT2D eigenvalue weighted by molar-refractivity contribution is 7.12.